The number of carbonyl (C=O) groups excluding carboxylic acids is 1. The van der Waals surface area contributed by atoms with Crippen molar-refractivity contribution in [2.75, 3.05) is 0 Å². The van der Waals surface area contributed by atoms with Gasteiger partial charge in [0.25, 0.3) is 0 Å². The predicted molar refractivity (Wildman–Crippen MR) is 80.4 cm³/mol. The summed E-state index contributed by atoms with van der Waals surface area (Å²) in [4.78, 5) is 10.4. The average Bonchev–Trinajstić information content (AvgIpc) is 2.47. The zero-order chi connectivity index (χ0) is 13.5. The van der Waals surface area contributed by atoms with E-state index < -0.39 is 0 Å². The highest BCUT2D eigenvalue weighted by atomic mass is 16.1. The summed E-state index contributed by atoms with van der Waals surface area (Å²) < 4.78 is 0. The summed E-state index contributed by atoms with van der Waals surface area (Å²) in [5.41, 5.74) is 2.79. The fraction of sp³-hybridized carbons (Fsp3) is 0.611. The van der Waals surface area contributed by atoms with Crippen LogP contribution in [-0.2, 0) is 11.2 Å². The van der Waals surface area contributed by atoms with Crippen LogP contribution in [0.15, 0.2) is 24.3 Å². The monoisotopic (exact) mass is 258 g/mol. The van der Waals surface area contributed by atoms with Crippen LogP contribution < -0.4 is 0 Å². The molecule has 0 saturated heterocycles. The highest BCUT2D eigenvalue weighted by Crippen LogP contribution is 2.37. The molecular formula is C18H26O. The molecule has 1 nitrogen and oxygen atoms in total. The summed E-state index contributed by atoms with van der Waals surface area (Å²) in [6, 6.07) is 8.98. The van der Waals surface area contributed by atoms with Crippen LogP contribution in [-0.4, -0.2) is 6.29 Å². The van der Waals surface area contributed by atoms with Gasteiger partial charge in [-0.3, -0.25) is 0 Å². The first-order chi connectivity index (χ1) is 9.33. The van der Waals surface area contributed by atoms with E-state index in [-0.39, 0.29) is 0 Å². The van der Waals surface area contributed by atoms with Crippen molar-refractivity contribution in [3.63, 3.8) is 0 Å². The van der Waals surface area contributed by atoms with E-state index in [0.717, 1.165) is 24.5 Å². The van der Waals surface area contributed by atoms with Gasteiger partial charge in [-0.15, -0.1) is 0 Å². The molecule has 1 aromatic rings. The van der Waals surface area contributed by atoms with Crippen molar-refractivity contribution in [2.24, 2.45) is 5.92 Å². The third-order valence-corrected chi connectivity index (χ3v) is 4.55. The number of aryl methyl sites for hydroxylation is 1. The fourth-order valence-corrected chi connectivity index (χ4v) is 3.37. The maximum Gasteiger partial charge on any atom is 0.120 e. The second-order valence-electron chi connectivity index (χ2n) is 5.95. The SMILES string of the molecule is CCCC1CCC(c2ccc(CCC=O)cc2)CC1. The van der Waals surface area contributed by atoms with Gasteiger partial charge in [0, 0.05) is 6.42 Å². The summed E-state index contributed by atoms with van der Waals surface area (Å²) in [6.07, 6.45) is 10.8. The molecule has 1 aliphatic carbocycles. The van der Waals surface area contributed by atoms with E-state index in [2.05, 4.69) is 31.2 Å². The second kappa shape index (κ2) is 7.47. The lowest BCUT2D eigenvalue weighted by Crippen LogP contribution is -2.13. The molecule has 0 aromatic heterocycles. The summed E-state index contributed by atoms with van der Waals surface area (Å²) in [7, 11) is 0. The maximum absolute atomic E-state index is 10.4. The van der Waals surface area contributed by atoms with Crippen molar-refractivity contribution >= 4 is 6.29 Å². The molecule has 1 fully saturated rings. The van der Waals surface area contributed by atoms with Crippen molar-refractivity contribution in [3.05, 3.63) is 35.4 Å². The summed E-state index contributed by atoms with van der Waals surface area (Å²) in [5.74, 6) is 1.75. The number of hydrogen-bond donors (Lipinski definition) is 0. The van der Waals surface area contributed by atoms with Crippen molar-refractivity contribution < 1.29 is 4.79 Å². The Morgan fingerprint density at radius 1 is 1.11 bits per heavy atom. The molecular weight excluding hydrogens is 232 g/mol. The molecule has 0 radical (unpaired) electrons. The Bertz CT molecular complexity index is 371. The lowest BCUT2D eigenvalue weighted by atomic mass is 9.77. The number of rotatable bonds is 6. The van der Waals surface area contributed by atoms with Crippen LogP contribution >= 0.6 is 0 Å². The second-order valence-corrected chi connectivity index (χ2v) is 5.95. The molecule has 2 rings (SSSR count). The van der Waals surface area contributed by atoms with E-state index in [1.165, 1.54) is 49.7 Å². The summed E-state index contributed by atoms with van der Waals surface area (Å²) in [6.45, 7) is 2.30. The minimum atomic E-state index is 0.640. The Hall–Kier alpha value is -1.11. The Labute approximate surface area is 117 Å². The standard InChI is InChI=1S/C18H26O/c1-2-4-15-6-10-17(11-7-15)18-12-8-16(9-13-18)5-3-14-19/h8-9,12-15,17H,2-7,10-11H2,1H3. The van der Waals surface area contributed by atoms with Crippen LogP contribution in [0.2, 0.25) is 0 Å². The molecule has 1 saturated carbocycles. The van der Waals surface area contributed by atoms with E-state index in [4.69, 9.17) is 0 Å². The largest absolute Gasteiger partial charge is 0.303 e. The predicted octanol–water partition coefficient (Wildman–Crippen LogP) is 4.89. The summed E-state index contributed by atoms with van der Waals surface area (Å²) in [5, 5.41) is 0. The zero-order valence-corrected chi connectivity index (χ0v) is 12.1. The van der Waals surface area contributed by atoms with E-state index >= 15 is 0 Å². The molecule has 1 heteroatoms. The highest BCUT2D eigenvalue weighted by Gasteiger charge is 2.21. The Balaban J connectivity index is 1.87. The van der Waals surface area contributed by atoms with Crippen molar-refractivity contribution in [1.29, 1.82) is 0 Å². The molecule has 104 valence electrons. The molecule has 0 amide bonds. The molecule has 0 aliphatic heterocycles. The Kier molecular flexibility index (Phi) is 5.62. The van der Waals surface area contributed by atoms with Crippen LogP contribution in [0, 0.1) is 5.92 Å². The smallest absolute Gasteiger partial charge is 0.120 e. The first-order valence-electron chi connectivity index (χ1n) is 7.86. The Morgan fingerprint density at radius 3 is 2.37 bits per heavy atom. The number of carbonyl (C=O) groups is 1. The van der Waals surface area contributed by atoms with Crippen molar-refractivity contribution in [3.8, 4) is 0 Å². The first kappa shape index (κ1) is 14.3. The van der Waals surface area contributed by atoms with Gasteiger partial charge in [-0.2, -0.15) is 0 Å². The van der Waals surface area contributed by atoms with E-state index in [1.807, 2.05) is 0 Å². The molecule has 0 atom stereocenters. The van der Waals surface area contributed by atoms with E-state index in [0.29, 0.717) is 6.42 Å². The third-order valence-electron chi connectivity index (χ3n) is 4.55. The number of aldehydes is 1. The van der Waals surface area contributed by atoms with Gasteiger partial charge in [0.1, 0.15) is 6.29 Å². The molecule has 1 aliphatic rings. The lowest BCUT2D eigenvalue weighted by Gasteiger charge is -2.28. The molecule has 0 N–H and O–H groups in total. The molecule has 0 spiro atoms. The van der Waals surface area contributed by atoms with Gasteiger partial charge in [0.05, 0.1) is 0 Å². The van der Waals surface area contributed by atoms with Gasteiger partial charge < -0.3 is 4.79 Å². The quantitative estimate of drug-likeness (QED) is 0.664. The topological polar surface area (TPSA) is 17.1 Å². The number of benzene rings is 1. The number of hydrogen-bond acceptors (Lipinski definition) is 1. The van der Waals surface area contributed by atoms with Gasteiger partial charge in [-0.1, -0.05) is 44.0 Å². The average molecular weight is 258 g/mol. The fourth-order valence-electron chi connectivity index (χ4n) is 3.37. The van der Waals surface area contributed by atoms with Crippen LogP contribution in [0.1, 0.15) is 68.9 Å². The van der Waals surface area contributed by atoms with E-state index in [1.54, 1.807) is 0 Å². The zero-order valence-electron chi connectivity index (χ0n) is 12.1. The van der Waals surface area contributed by atoms with Crippen LogP contribution in [0.25, 0.3) is 0 Å². The normalized spacial score (nSPS) is 23.2. The molecule has 0 unspecified atom stereocenters. The minimum Gasteiger partial charge on any atom is -0.303 e. The first-order valence-corrected chi connectivity index (χ1v) is 7.86. The highest BCUT2D eigenvalue weighted by molar-refractivity contribution is 5.50. The van der Waals surface area contributed by atoms with Gasteiger partial charge in [-0.25, -0.2) is 0 Å². The molecule has 0 bridgehead atoms. The minimum absolute atomic E-state index is 0.640. The van der Waals surface area contributed by atoms with Gasteiger partial charge in [-0.05, 0) is 55.1 Å². The molecule has 19 heavy (non-hydrogen) atoms. The maximum atomic E-state index is 10.4. The lowest BCUT2D eigenvalue weighted by molar-refractivity contribution is -0.107. The van der Waals surface area contributed by atoms with Gasteiger partial charge >= 0.3 is 0 Å². The van der Waals surface area contributed by atoms with Gasteiger partial charge in [0.2, 0.25) is 0 Å². The van der Waals surface area contributed by atoms with Crippen molar-refractivity contribution in [2.45, 2.75) is 64.2 Å². The molecule has 0 heterocycles. The Morgan fingerprint density at radius 2 is 1.79 bits per heavy atom. The van der Waals surface area contributed by atoms with Crippen LogP contribution in [0.3, 0.4) is 0 Å². The van der Waals surface area contributed by atoms with Crippen molar-refractivity contribution in [1.82, 2.24) is 0 Å². The van der Waals surface area contributed by atoms with Crippen LogP contribution in [0.4, 0.5) is 0 Å². The van der Waals surface area contributed by atoms with Gasteiger partial charge in [0.15, 0.2) is 0 Å². The van der Waals surface area contributed by atoms with E-state index in [9.17, 15) is 4.79 Å². The third kappa shape index (κ3) is 4.19. The summed E-state index contributed by atoms with van der Waals surface area (Å²) >= 11 is 0. The molecule has 1 aromatic carbocycles. The van der Waals surface area contributed by atoms with Crippen LogP contribution in [0.5, 0.6) is 0 Å².